The second-order valence-electron chi connectivity index (χ2n) is 9.02. The van der Waals surface area contributed by atoms with Gasteiger partial charge in [-0.25, -0.2) is 4.79 Å². The van der Waals surface area contributed by atoms with Crippen LogP contribution in [0, 0.1) is 5.21 Å². The minimum atomic E-state index is -0.522. The van der Waals surface area contributed by atoms with E-state index in [1.165, 1.54) is 5.56 Å². The largest absolute Gasteiger partial charge is 0.631 e. The molecule has 0 aromatic heterocycles. The molecule has 0 radical (unpaired) electrons. The number of likely N-dealkylation sites (N-methyl/N-ethyl adjacent to an activating group) is 2. The number of nitrogens with zero attached hydrogens (tertiary/aromatic N) is 2. The van der Waals surface area contributed by atoms with Crippen molar-refractivity contribution < 1.29 is 14.2 Å². The fraction of sp³-hybridized carbons (Fsp3) is 0.435. The number of hydroxylamine groups is 3. The second-order valence-corrected chi connectivity index (χ2v) is 9.02. The number of likely N-dealkylation sites (tertiary alicyclic amines) is 1. The normalized spacial score (nSPS) is 26.8. The minimum Gasteiger partial charge on any atom is -0.631 e. The molecule has 2 aliphatic heterocycles. The highest BCUT2D eigenvalue weighted by Gasteiger charge is 2.58. The summed E-state index contributed by atoms with van der Waals surface area (Å²) in [7, 11) is 3.72. The number of fused-ring (bicyclic) bond motifs is 3. The Hall–Kier alpha value is -2.28. The third-order valence-electron chi connectivity index (χ3n) is 6.53. The summed E-state index contributed by atoms with van der Waals surface area (Å²) in [4.78, 5) is 14.5. The van der Waals surface area contributed by atoms with Crippen LogP contribution in [0.25, 0.3) is 0 Å². The SMILES string of the molecule is CC(C)c1ccc(NC(=O)Oc2ccc3c(c2)[C@]2(C)CC[N@@+](C)([O-])[C@@H]2N3C)cc1.Cl. The molecule has 1 amide bonds. The van der Waals surface area contributed by atoms with Crippen molar-refractivity contribution in [2.75, 3.05) is 30.9 Å². The molecule has 4 rings (SSSR count). The van der Waals surface area contributed by atoms with Gasteiger partial charge in [0, 0.05) is 24.8 Å². The highest BCUT2D eigenvalue weighted by molar-refractivity contribution is 5.86. The molecule has 0 bridgehead atoms. The van der Waals surface area contributed by atoms with Crippen LogP contribution in [0.4, 0.5) is 16.2 Å². The topological polar surface area (TPSA) is 64.6 Å². The van der Waals surface area contributed by atoms with E-state index in [-0.39, 0.29) is 28.6 Å². The first-order valence-corrected chi connectivity index (χ1v) is 10.1. The Morgan fingerprint density at radius 3 is 2.57 bits per heavy atom. The maximum Gasteiger partial charge on any atom is 0.417 e. The van der Waals surface area contributed by atoms with Crippen LogP contribution in [-0.2, 0) is 5.41 Å². The van der Waals surface area contributed by atoms with Gasteiger partial charge in [0.2, 0.25) is 0 Å². The molecule has 2 aliphatic rings. The first kappa shape index (κ1) is 22.4. The molecular weight excluding hydrogens is 402 g/mol. The minimum absolute atomic E-state index is 0. The average molecular weight is 432 g/mol. The van der Waals surface area contributed by atoms with E-state index in [0.29, 0.717) is 23.9 Å². The molecule has 2 aromatic carbocycles. The zero-order valence-corrected chi connectivity index (χ0v) is 19.0. The molecule has 0 spiro atoms. The Morgan fingerprint density at radius 1 is 1.27 bits per heavy atom. The molecule has 2 heterocycles. The van der Waals surface area contributed by atoms with Gasteiger partial charge in [-0.15, -0.1) is 12.4 Å². The first-order chi connectivity index (χ1) is 13.6. The van der Waals surface area contributed by atoms with Crippen LogP contribution in [0.1, 0.15) is 44.2 Å². The third kappa shape index (κ3) is 3.64. The first-order valence-electron chi connectivity index (χ1n) is 10.1. The number of carbonyl (C=O) groups is 1. The van der Waals surface area contributed by atoms with Crippen LogP contribution < -0.4 is 15.0 Å². The smallest absolute Gasteiger partial charge is 0.417 e. The number of halogens is 1. The van der Waals surface area contributed by atoms with Gasteiger partial charge in [-0.05, 0) is 54.3 Å². The Bertz CT molecular complexity index is 945. The Kier molecular flexibility index (Phi) is 5.80. The van der Waals surface area contributed by atoms with Crippen LogP contribution in [0.15, 0.2) is 42.5 Å². The number of ether oxygens (including phenoxy) is 1. The average Bonchev–Trinajstić information content (AvgIpc) is 3.04. The zero-order valence-electron chi connectivity index (χ0n) is 18.1. The summed E-state index contributed by atoms with van der Waals surface area (Å²) in [5.41, 5.74) is 3.78. The summed E-state index contributed by atoms with van der Waals surface area (Å²) in [6.45, 7) is 6.99. The Balaban J connectivity index is 0.00000256. The van der Waals surface area contributed by atoms with Gasteiger partial charge in [0.1, 0.15) is 5.75 Å². The van der Waals surface area contributed by atoms with Gasteiger partial charge in [-0.3, -0.25) is 5.32 Å². The molecule has 1 saturated heterocycles. The second kappa shape index (κ2) is 7.76. The van der Waals surface area contributed by atoms with E-state index in [9.17, 15) is 10.0 Å². The summed E-state index contributed by atoms with van der Waals surface area (Å²) in [5.74, 6) is 0.929. The highest BCUT2D eigenvalue weighted by atomic mass is 35.5. The number of quaternary nitrogens is 1. The summed E-state index contributed by atoms with van der Waals surface area (Å²) < 4.78 is 5.28. The lowest BCUT2D eigenvalue weighted by atomic mass is 9.81. The van der Waals surface area contributed by atoms with Crippen LogP contribution >= 0.6 is 12.4 Å². The molecule has 162 valence electrons. The van der Waals surface area contributed by atoms with Gasteiger partial charge >= 0.3 is 6.09 Å². The van der Waals surface area contributed by atoms with Gasteiger partial charge < -0.3 is 19.5 Å². The molecule has 2 aromatic rings. The van der Waals surface area contributed by atoms with Crippen LogP contribution in [0.2, 0.25) is 0 Å². The summed E-state index contributed by atoms with van der Waals surface area (Å²) in [6.07, 6.45) is 0.138. The van der Waals surface area contributed by atoms with E-state index in [4.69, 9.17) is 4.74 Å². The van der Waals surface area contributed by atoms with Crippen molar-refractivity contribution in [3.8, 4) is 5.75 Å². The van der Waals surface area contributed by atoms with E-state index in [2.05, 4.69) is 31.0 Å². The molecule has 0 aliphatic carbocycles. The lowest BCUT2D eigenvalue weighted by molar-refractivity contribution is -0.874. The molecular formula is C23H30ClN3O3. The van der Waals surface area contributed by atoms with Gasteiger partial charge in [0.05, 0.1) is 19.0 Å². The van der Waals surface area contributed by atoms with E-state index < -0.39 is 6.09 Å². The van der Waals surface area contributed by atoms with E-state index in [1.807, 2.05) is 43.4 Å². The van der Waals surface area contributed by atoms with Crippen molar-refractivity contribution in [3.05, 3.63) is 58.8 Å². The Morgan fingerprint density at radius 2 is 1.93 bits per heavy atom. The highest BCUT2D eigenvalue weighted by Crippen LogP contribution is 2.54. The van der Waals surface area contributed by atoms with Crippen LogP contribution in [-0.4, -0.2) is 37.5 Å². The predicted octanol–water partition coefficient (Wildman–Crippen LogP) is 5.22. The van der Waals surface area contributed by atoms with E-state index in [0.717, 1.165) is 17.7 Å². The molecule has 0 saturated carbocycles. The van der Waals surface area contributed by atoms with Crippen LogP contribution in [0.3, 0.4) is 0 Å². The predicted molar refractivity (Wildman–Crippen MR) is 122 cm³/mol. The maximum atomic E-state index is 12.9. The molecule has 0 unspecified atom stereocenters. The molecule has 7 heteroatoms. The lowest BCUT2D eigenvalue weighted by Crippen LogP contribution is -2.54. The van der Waals surface area contributed by atoms with Crippen molar-refractivity contribution in [3.63, 3.8) is 0 Å². The fourth-order valence-corrected chi connectivity index (χ4v) is 5.05. The molecule has 6 nitrogen and oxygen atoms in total. The standard InChI is InChI=1S/C23H29N3O3.ClH/c1-15(2)16-6-8-17(9-7-16)24-22(27)29-18-10-11-20-19(14-18)23(3)12-13-26(5,28)21(23)25(20)4;/h6-11,14-15,21H,12-13H2,1-5H3,(H,24,27);1H/t21-,23-,26+;/m0./s1. The Labute approximate surface area is 184 Å². The number of hydrogen-bond donors (Lipinski definition) is 1. The molecule has 1 fully saturated rings. The van der Waals surface area contributed by atoms with Crippen molar-refractivity contribution in [1.82, 2.24) is 0 Å². The van der Waals surface area contributed by atoms with Crippen molar-refractivity contribution in [2.24, 2.45) is 0 Å². The summed E-state index contributed by atoms with van der Waals surface area (Å²) >= 11 is 0. The maximum absolute atomic E-state index is 12.9. The van der Waals surface area contributed by atoms with Gasteiger partial charge in [0.25, 0.3) is 0 Å². The summed E-state index contributed by atoms with van der Waals surface area (Å²) in [5, 5.41) is 15.7. The number of carbonyl (C=O) groups excluding carboxylic acids is 1. The van der Waals surface area contributed by atoms with Gasteiger partial charge in [0.15, 0.2) is 6.17 Å². The molecule has 1 N–H and O–H groups in total. The molecule has 3 atom stereocenters. The van der Waals surface area contributed by atoms with Crippen molar-refractivity contribution in [2.45, 2.75) is 44.7 Å². The van der Waals surface area contributed by atoms with Crippen molar-refractivity contribution in [1.29, 1.82) is 0 Å². The number of amides is 1. The number of hydrogen-bond acceptors (Lipinski definition) is 4. The molecule has 30 heavy (non-hydrogen) atoms. The number of anilines is 2. The summed E-state index contributed by atoms with van der Waals surface area (Å²) in [6, 6.07) is 13.4. The van der Waals surface area contributed by atoms with Gasteiger partial charge in [-0.1, -0.05) is 26.0 Å². The number of nitrogens with one attached hydrogen (secondary N) is 1. The lowest BCUT2D eigenvalue weighted by Gasteiger charge is -2.44. The number of rotatable bonds is 3. The van der Waals surface area contributed by atoms with Gasteiger partial charge in [-0.2, -0.15) is 0 Å². The quantitative estimate of drug-likeness (QED) is 0.534. The monoisotopic (exact) mass is 431 g/mol. The van der Waals surface area contributed by atoms with E-state index >= 15 is 0 Å². The third-order valence-corrected chi connectivity index (χ3v) is 6.53. The zero-order chi connectivity index (χ0) is 21.0. The van der Waals surface area contributed by atoms with Crippen molar-refractivity contribution >= 4 is 29.9 Å². The number of benzene rings is 2. The fourth-order valence-electron chi connectivity index (χ4n) is 5.05. The van der Waals surface area contributed by atoms with E-state index in [1.54, 1.807) is 13.1 Å². The van der Waals surface area contributed by atoms with Crippen LogP contribution in [0.5, 0.6) is 5.75 Å².